The van der Waals surface area contributed by atoms with Gasteiger partial charge in [-0.2, -0.15) is 5.26 Å². The Balaban J connectivity index is 1.19. The molecule has 11 nitrogen and oxygen atoms in total. The number of pyridine rings is 1. The first-order valence-corrected chi connectivity index (χ1v) is 14.1. The summed E-state index contributed by atoms with van der Waals surface area (Å²) in [5, 5.41) is 29.9. The smallest absolute Gasteiger partial charge is 0.216 e. The van der Waals surface area contributed by atoms with E-state index >= 15 is 0 Å². The summed E-state index contributed by atoms with van der Waals surface area (Å²) < 4.78 is 5.52. The number of tetrazole rings is 1. The predicted molar refractivity (Wildman–Crippen MR) is 149 cm³/mol. The molecule has 0 atom stereocenters. The zero-order valence-electron chi connectivity index (χ0n) is 21.5. The van der Waals surface area contributed by atoms with Gasteiger partial charge in [-0.25, -0.2) is 9.97 Å². The Hall–Kier alpha value is -3.92. The summed E-state index contributed by atoms with van der Waals surface area (Å²) >= 11 is 1.46. The fourth-order valence-electron chi connectivity index (χ4n) is 4.94. The minimum Gasteiger partial charge on any atom is -0.379 e. The standard InChI is InChI=1S/C27H30N10OS/c28-16-19-6-8-21(9-7-19)30-24-14-20(18-36-10-12-38-13-11-36)15-25(31-24)32-27-29-17-23(39-27)26-33-35-37(34-26)22-4-2-1-3-5-22/h1-5,14-15,17,19,21H,6-13,18H2,(H2,29,30,31,32)/t19-,21-. The highest BCUT2D eigenvalue weighted by atomic mass is 32.1. The number of para-hydroxylation sites is 1. The van der Waals surface area contributed by atoms with Crippen molar-refractivity contribution in [2.75, 3.05) is 36.9 Å². The molecule has 2 aliphatic rings. The molecule has 3 aromatic heterocycles. The Kier molecular flexibility index (Phi) is 7.71. The van der Waals surface area contributed by atoms with Crippen LogP contribution in [0.2, 0.25) is 0 Å². The number of rotatable bonds is 8. The van der Waals surface area contributed by atoms with E-state index in [0.717, 1.165) is 80.7 Å². The second-order valence-corrected chi connectivity index (χ2v) is 10.9. The van der Waals surface area contributed by atoms with Crippen LogP contribution in [0.1, 0.15) is 31.2 Å². The van der Waals surface area contributed by atoms with Crippen LogP contribution in [0.25, 0.3) is 16.4 Å². The number of benzene rings is 1. The molecular weight excluding hydrogens is 512 g/mol. The number of thiazole rings is 1. The molecule has 39 heavy (non-hydrogen) atoms. The van der Waals surface area contributed by atoms with Crippen molar-refractivity contribution in [2.24, 2.45) is 5.92 Å². The second kappa shape index (κ2) is 11.9. The molecule has 6 rings (SSSR count). The van der Waals surface area contributed by atoms with E-state index in [9.17, 15) is 5.26 Å². The van der Waals surface area contributed by atoms with Crippen molar-refractivity contribution in [3.8, 4) is 22.5 Å². The van der Waals surface area contributed by atoms with Gasteiger partial charge in [-0.05, 0) is 60.7 Å². The lowest BCUT2D eigenvalue weighted by atomic mass is 9.87. The molecule has 12 heteroatoms. The van der Waals surface area contributed by atoms with E-state index in [1.165, 1.54) is 21.7 Å². The van der Waals surface area contributed by atoms with Gasteiger partial charge in [0.2, 0.25) is 5.82 Å². The number of nitriles is 1. The van der Waals surface area contributed by atoms with Gasteiger partial charge in [0.1, 0.15) is 11.6 Å². The highest BCUT2D eigenvalue weighted by Crippen LogP contribution is 2.30. The van der Waals surface area contributed by atoms with Crippen LogP contribution in [0.5, 0.6) is 0 Å². The second-order valence-electron chi connectivity index (χ2n) is 9.85. The molecule has 1 saturated carbocycles. The van der Waals surface area contributed by atoms with Crippen molar-refractivity contribution < 1.29 is 4.74 Å². The maximum absolute atomic E-state index is 9.24. The number of aromatic nitrogens is 6. The summed E-state index contributed by atoms with van der Waals surface area (Å²) in [6.45, 7) is 4.17. The van der Waals surface area contributed by atoms with Gasteiger partial charge in [0.25, 0.3) is 0 Å². The van der Waals surface area contributed by atoms with E-state index in [2.05, 4.69) is 54.1 Å². The van der Waals surface area contributed by atoms with Gasteiger partial charge < -0.3 is 15.4 Å². The minimum atomic E-state index is 0.170. The van der Waals surface area contributed by atoms with Crippen LogP contribution in [0.4, 0.5) is 16.8 Å². The normalized spacial score (nSPS) is 19.9. The predicted octanol–water partition coefficient (Wildman–Crippen LogP) is 4.25. The molecule has 4 aromatic rings. The number of anilines is 3. The van der Waals surface area contributed by atoms with Crippen LogP contribution in [0.15, 0.2) is 48.7 Å². The van der Waals surface area contributed by atoms with Crippen molar-refractivity contribution in [3.05, 3.63) is 54.2 Å². The molecule has 200 valence electrons. The average molecular weight is 543 g/mol. The maximum atomic E-state index is 9.24. The third-order valence-electron chi connectivity index (χ3n) is 7.02. The number of nitrogens with zero attached hydrogens (tertiary/aromatic N) is 8. The quantitative estimate of drug-likeness (QED) is 0.333. The van der Waals surface area contributed by atoms with E-state index in [1.54, 1.807) is 6.20 Å². The fraction of sp³-hybridized carbons (Fsp3) is 0.407. The molecule has 1 aliphatic heterocycles. The summed E-state index contributed by atoms with van der Waals surface area (Å²) in [5.74, 6) is 2.27. The number of morpholine rings is 1. The Morgan fingerprint density at radius 1 is 1.05 bits per heavy atom. The monoisotopic (exact) mass is 542 g/mol. The molecular formula is C27H30N10OS. The van der Waals surface area contributed by atoms with Gasteiger partial charge >= 0.3 is 0 Å². The van der Waals surface area contributed by atoms with E-state index in [4.69, 9.17) is 9.72 Å². The third kappa shape index (κ3) is 6.39. The molecule has 4 heterocycles. The van der Waals surface area contributed by atoms with Crippen molar-refractivity contribution in [1.29, 1.82) is 5.26 Å². The van der Waals surface area contributed by atoms with Gasteiger partial charge in [0.05, 0.1) is 36.0 Å². The molecule has 1 aromatic carbocycles. The topological polar surface area (TPSA) is 130 Å². The first kappa shape index (κ1) is 25.4. The Labute approximate surface area is 230 Å². The molecule has 0 amide bonds. The highest BCUT2D eigenvalue weighted by Gasteiger charge is 2.22. The zero-order valence-corrected chi connectivity index (χ0v) is 22.3. The van der Waals surface area contributed by atoms with Crippen LogP contribution in [-0.4, -0.2) is 67.4 Å². The summed E-state index contributed by atoms with van der Waals surface area (Å²) in [6, 6.07) is 16.6. The summed E-state index contributed by atoms with van der Waals surface area (Å²) in [7, 11) is 0. The number of nitrogens with one attached hydrogen (secondary N) is 2. The molecule has 1 aliphatic carbocycles. The Bertz CT molecular complexity index is 1420. The van der Waals surface area contributed by atoms with Gasteiger partial charge in [0.15, 0.2) is 5.13 Å². The van der Waals surface area contributed by atoms with Gasteiger partial charge in [-0.1, -0.05) is 29.5 Å². The Morgan fingerprint density at radius 3 is 2.64 bits per heavy atom. The van der Waals surface area contributed by atoms with E-state index in [0.29, 0.717) is 17.0 Å². The minimum absolute atomic E-state index is 0.170. The van der Waals surface area contributed by atoms with Crippen molar-refractivity contribution >= 4 is 28.1 Å². The lowest BCUT2D eigenvalue weighted by Crippen LogP contribution is -2.35. The number of hydrogen-bond donors (Lipinski definition) is 2. The molecule has 0 bridgehead atoms. The fourth-order valence-corrected chi connectivity index (χ4v) is 5.69. The SMILES string of the molecule is N#C[C@H]1CC[C@H](Nc2cc(CN3CCOCC3)cc(Nc3ncc(-c4nnn(-c5ccccc5)n4)s3)n2)CC1. The van der Waals surface area contributed by atoms with Crippen LogP contribution in [-0.2, 0) is 11.3 Å². The molecule has 0 radical (unpaired) electrons. The summed E-state index contributed by atoms with van der Waals surface area (Å²) in [4.78, 5) is 14.1. The number of ether oxygens (including phenoxy) is 1. The van der Waals surface area contributed by atoms with E-state index in [1.807, 2.05) is 30.3 Å². The van der Waals surface area contributed by atoms with Crippen molar-refractivity contribution in [2.45, 2.75) is 38.3 Å². The third-order valence-corrected chi connectivity index (χ3v) is 7.93. The van der Waals surface area contributed by atoms with Crippen molar-refractivity contribution in [1.82, 2.24) is 35.1 Å². The van der Waals surface area contributed by atoms with E-state index < -0.39 is 0 Å². The maximum Gasteiger partial charge on any atom is 0.216 e. The van der Waals surface area contributed by atoms with Crippen molar-refractivity contribution in [3.63, 3.8) is 0 Å². The molecule has 2 fully saturated rings. The number of hydrogen-bond acceptors (Lipinski definition) is 11. The van der Waals surface area contributed by atoms with E-state index in [-0.39, 0.29) is 5.92 Å². The Morgan fingerprint density at radius 2 is 1.85 bits per heavy atom. The summed E-state index contributed by atoms with van der Waals surface area (Å²) in [5.41, 5.74) is 2.02. The van der Waals surface area contributed by atoms with Gasteiger partial charge in [-0.3, -0.25) is 4.90 Å². The molecule has 2 N–H and O–H groups in total. The highest BCUT2D eigenvalue weighted by molar-refractivity contribution is 7.18. The first-order chi connectivity index (χ1) is 19.2. The lowest BCUT2D eigenvalue weighted by molar-refractivity contribution is 0.0342. The molecule has 0 unspecified atom stereocenters. The zero-order chi connectivity index (χ0) is 26.4. The lowest BCUT2D eigenvalue weighted by Gasteiger charge is -2.28. The molecule has 1 saturated heterocycles. The molecule has 0 spiro atoms. The van der Waals surface area contributed by atoms with Gasteiger partial charge in [-0.15, -0.1) is 15.0 Å². The first-order valence-electron chi connectivity index (χ1n) is 13.3. The summed E-state index contributed by atoms with van der Waals surface area (Å²) in [6.07, 6.45) is 5.56. The van der Waals surface area contributed by atoms with Gasteiger partial charge in [0, 0.05) is 31.6 Å². The van der Waals surface area contributed by atoms with Crippen LogP contribution in [0, 0.1) is 17.2 Å². The van der Waals surface area contributed by atoms with Crippen LogP contribution >= 0.6 is 11.3 Å². The van der Waals surface area contributed by atoms with Crippen LogP contribution in [0.3, 0.4) is 0 Å². The average Bonchev–Trinajstić information content (AvgIpc) is 3.65. The van der Waals surface area contributed by atoms with Crippen LogP contribution < -0.4 is 10.6 Å². The largest absolute Gasteiger partial charge is 0.379 e.